The van der Waals surface area contributed by atoms with Crippen LogP contribution in [0.2, 0.25) is 5.02 Å². The van der Waals surface area contributed by atoms with Gasteiger partial charge in [-0.25, -0.2) is 5.10 Å². The highest BCUT2D eigenvalue weighted by molar-refractivity contribution is 7.80. The molecule has 0 fully saturated rings. The van der Waals surface area contributed by atoms with Gasteiger partial charge in [-0.15, -0.1) is 0 Å². The van der Waals surface area contributed by atoms with Gasteiger partial charge in [-0.1, -0.05) is 17.7 Å². The third-order valence-corrected chi connectivity index (χ3v) is 2.85. The number of hydrogen-bond donors (Lipinski definition) is 2. The van der Waals surface area contributed by atoms with E-state index >= 15 is 0 Å². The highest BCUT2D eigenvalue weighted by Gasteiger charge is 2.05. The maximum absolute atomic E-state index is 10.9. The number of benzene rings is 1. The second kappa shape index (κ2) is 5.30. The smallest absolute Gasteiger partial charge is 0.264 e. The van der Waals surface area contributed by atoms with Gasteiger partial charge in [0.1, 0.15) is 0 Å². The number of nitrogens with one attached hydrogen (secondary N) is 2. The van der Waals surface area contributed by atoms with E-state index in [0.717, 1.165) is 0 Å². The monoisotopic (exact) mass is 284 g/mol. The van der Waals surface area contributed by atoms with Crippen LogP contribution in [0.5, 0.6) is 0 Å². The summed E-state index contributed by atoms with van der Waals surface area (Å²) in [4.78, 5) is 10.9. The van der Waals surface area contributed by atoms with Gasteiger partial charge in [0.25, 0.3) is 5.56 Å². The molecule has 2 N–H and O–H groups in total. The molecule has 2 aromatic rings. The molecule has 0 aliphatic carbocycles. The van der Waals surface area contributed by atoms with Crippen LogP contribution in [0.15, 0.2) is 35.1 Å². The van der Waals surface area contributed by atoms with E-state index in [4.69, 9.17) is 11.6 Å². The van der Waals surface area contributed by atoms with Crippen molar-refractivity contribution in [2.24, 2.45) is 0 Å². The average molecular weight is 285 g/mol. The van der Waals surface area contributed by atoms with E-state index in [1.54, 1.807) is 12.1 Å². The Labute approximate surface area is 109 Å². The van der Waals surface area contributed by atoms with Crippen LogP contribution in [0.25, 0.3) is 11.3 Å². The minimum absolute atomic E-state index is 0.246. The van der Waals surface area contributed by atoms with Crippen LogP contribution in [0.4, 0.5) is 5.69 Å². The Morgan fingerprint density at radius 2 is 2.11 bits per heavy atom. The van der Waals surface area contributed by atoms with Crippen molar-refractivity contribution in [2.45, 2.75) is 0 Å². The van der Waals surface area contributed by atoms with E-state index < -0.39 is 11.3 Å². The lowest BCUT2D eigenvalue weighted by atomic mass is 10.1. The third kappa shape index (κ3) is 2.95. The molecule has 8 heteroatoms. The number of aromatic nitrogens is 2. The number of halogens is 1. The fourth-order valence-electron chi connectivity index (χ4n) is 1.36. The summed E-state index contributed by atoms with van der Waals surface area (Å²) in [6.07, 6.45) is 0. The Morgan fingerprint density at radius 1 is 1.33 bits per heavy atom. The third-order valence-electron chi connectivity index (χ3n) is 2.13. The van der Waals surface area contributed by atoms with Gasteiger partial charge in [0, 0.05) is 22.9 Å². The van der Waals surface area contributed by atoms with Gasteiger partial charge < -0.3 is 9.27 Å². The topological polar surface area (TPSA) is 97.9 Å². The van der Waals surface area contributed by atoms with Gasteiger partial charge in [0.05, 0.1) is 16.4 Å². The summed E-state index contributed by atoms with van der Waals surface area (Å²) in [5.41, 5.74) is 1.07. The molecule has 0 radical (unpaired) electrons. The van der Waals surface area contributed by atoms with E-state index in [9.17, 15) is 13.6 Å². The molecule has 0 saturated heterocycles. The van der Waals surface area contributed by atoms with Gasteiger partial charge in [-0.2, -0.15) is 5.10 Å². The molecule has 1 aromatic carbocycles. The minimum Gasteiger partial charge on any atom is -0.755 e. The highest BCUT2D eigenvalue weighted by atomic mass is 35.5. The maximum Gasteiger partial charge on any atom is 0.264 e. The first-order valence-electron chi connectivity index (χ1n) is 4.78. The summed E-state index contributed by atoms with van der Waals surface area (Å²) in [7, 11) is 0. The fourth-order valence-corrected chi connectivity index (χ4v) is 1.93. The van der Waals surface area contributed by atoms with E-state index in [1.165, 1.54) is 18.2 Å². The van der Waals surface area contributed by atoms with E-state index in [2.05, 4.69) is 14.9 Å². The van der Waals surface area contributed by atoms with Crippen LogP contribution >= 0.6 is 11.6 Å². The molecule has 1 heterocycles. The van der Waals surface area contributed by atoms with Gasteiger partial charge in [0.15, 0.2) is 0 Å². The van der Waals surface area contributed by atoms with Crippen LogP contribution in [0.1, 0.15) is 0 Å². The SMILES string of the molecule is O=c1ccc(-c2ccc(Cl)c(NS(=O)[O-])c2)n[nH]1. The predicted molar refractivity (Wildman–Crippen MR) is 67.8 cm³/mol. The summed E-state index contributed by atoms with van der Waals surface area (Å²) in [6.45, 7) is 0. The second-order valence-corrected chi connectivity index (χ2v) is 4.42. The molecule has 1 atom stereocenters. The molecule has 0 saturated carbocycles. The van der Waals surface area contributed by atoms with Gasteiger partial charge in [-0.3, -0.25) is 9.00 Å². The Morgan fingerprint density at radius 3 is 2.72 bits per heavy atom. The maximum atomic E-state index is 10.9. The Hall–Kier alpha value is -1.70. The van der Waals surface area contributed by atoms with Crippen molar-refractivity contribution in [1.82, 2.24) is 10.2 Å². The molecule has 0 amide bonds. The lowest BCUT2D eigenvalue weighted by Crippen LogP contribution is -2.06. The summed E-state index contributed by atoms with van der Waals surface area (Å²) in [5.74, 6) is 0. The number of H-pyrrole nitrogens is 1. The zero-order valence-corrected chi connectivity index (χ0v) is 10.4. The first kappa shape index (κ1) is 12.7. The summed E-state index contributed by atoms with van der Waals surface area (Å²) >= 11 is 3.38. The zero-order valence-electron chi connectivity index (χ0n) is 8.84. The average Bonchev–Trinajstić information content (AvgIpc) is 2.32. The van der Waals surface area contributed by atoms with Crippen molar-refractivity contribution in [3.63, 3.8) is 0 Å². The minimum atomic E-state index is -2.46. The molecule has 18 heavy (non-hydrogen) atoms. The van der Waals surface area contributed by atoms with Gasteiger partial charge in [0.2, 0.25) is 0 Å². The molecule has 0 spiro atoms. The van der Waals surface area contributed by atoms with E-state index in [-0.39, 0.29) is 16.3 Å². The standard InChI is InChI=1S/C10H8ClN3O3S/c11-7-2-1-6(5-9(7)14-18(16)17)8-3-4-10(15)13-12-8/h1-5,14H,(H,13,15)(H,16,17)/p-1. The molecular weight excluding hydrogens is 278 g/mol. The summed E-state index contributed by atoms with van der Waals surface area (Å²) < 4.78 is 23.3. The molecule has 1 unspecified atom stereocenters. The highest BCUT2D eigenvalue weighted by Crippen LogP contribution is 2.27. The molecule has 0 aliphatic heterocycles. The Kier molecular flexibility index (Phi) is 3.75. The summed E-state index contributed by atoms with van der Waals surface area (Å²) in [6, 6.07) is 7.59. The summed E-state index contributed by atoms with van der Waals surface area (Å²) in [5, 5.41) is 6.40. The molecule has 6 nitrogen and oxygen atoms in total. The first-order valence-corrected chi connectivity index (χ1v) is 6.23. The van der Waals surface area contributed by atoms with Crippen LogP contribution < -0.4 is 10.3 Å². The number of hydrogen-bond acceptors (Lipinski definition) is 4. The molecule has 1 aromatic heterocycles. The number of anilines is 1. The normalized spacial score (nSPS) is 12.1. The molecule has 0 aliphatic rings. The number of rotatable bonds is 3. The quantitative estimate of drug-likeness (QED) is 0.830. The van der Waals surface area contributed by atoms with Crippen LogP contribution in [0, 0.1) is 0 Å². The van der Waals surface area contributed by atoms with Crippen molar-refractivity contribution in [3.8, 4) is 11.3 Å². The van der Waals surface area contributed by atoms with Crippen molar-refractivity contribution in [1.29, 1.82) is 0 Å². The molecule has 0 bridgehead atoms. The first-order chi connectivity index (χ1) is 8.56. The Balaban J connectivity index is 2.43. The van der Waals surface area contributed by atoms with Crippen molar-refractivity contribution < 1.29 is 8.76 Å². The van der Waals surface area contributed by atoms with Crippen LogP contribution in [0.3, 0.4) is 0 Å². The molecule has 2 rings (SSSR count). The second-order valence-electron chi connectivity index (χ2n) is 3.34. The van der Waals surface area contributed by atoms with E-state index in [0.29, 0.717) is 11.3 Å². The molecular formula is C10H7ClN3O3S-. The number of nitrogens with zero attached hydrogens (tertiary/aromatic N) is 1. The van der Waals surface area contributed by atoms with Crippen molar-refractivity contribution in [3.05, 3.63) is 45.7 Å². The van der Waals surface area contributed by atoms with Gasteiger partial charge >= 0.3 is 0 Å². The fraction of sp³-hybridized carbons (Fsp3) is 0. The van der Waals surface area contributed by atoms with Crippen LogP contribution in [-0.4, -0.2) is 19.0 Å². The lowest BCUT2D eigenvalue weighted by Gasteiger charge is -2.11. The number of aromatic amines is 1. The predicted octanol–water partition coefficient (Wildman–Crippen LogP) is 1.30. The van der Waals surface area contributed by atoms with Crippen molar-refractivity contribution >= 4 is 28.6 Å². The van der Waals surface area contributed by atoms with Crippen LogP contribution in [-0.2, 0) is 11.3 Å². The van der Waals surface area contributed by atoms with Gasteiger partial charge in [-0.05, 0) is 18.2 Å². The largest absolute Gasteiger partial charge is 0.755 e. The van der Waals surface area contributed by atoms with E-state index in [1.807, 2.05) is 0 Å². The Bertz CT molecular complexity index is 639. The molecule has 94 valence electrons. The zero-order chi connectivity index (χ0) is 13.1. The lowest BCUT2D eigenvalue weighted by molar-refractivity contribution is 0.542. The van der Waals surface area contributed by atoms with Crippen molar-refractivity contribution in [2.75, 3.05) is 4.72 Å².